The van der Waals surface area contributed by atoms with Crippen LogP contribution in [0.25, 0.3) is 0 Å². The van der Waals surface area contributed by atoms with Gasteiger partial charge in [0.25, 0.3) is 0 Å². The molecule has 0 aliphatic heterocycles. The zero-order valence-corrected chi connectivity index (χ0v) is 10.9. The molecule has 0 saturated heterocycles. The van der Waals surface area contributed by atoms with Crippen molar-refractivity contribution in [3.8, 4) is 0 Å². The molecule has 0 bridgehead atoms. The van der Waals surface area contributed by atoms with Gasteiger partial charge in [-0.25, -0.2) is 0 Å². The van der Waals surface area contributed by atoms with E-state index in [0.717, 1.165) is 16.9 Å². The summed E-state index contributed by atoms with van der Waals surface area (Å²) in [5.74, 6) is 0. The van der Waals surface area contributed by atoms with Gasteiger partial charge >= 0.3 is 0 Å². The highest BCUT2D eigenvalue weighted by Gasteiger charge is 2.15. The molecular formula is C10H16BrNOS. The summed E-state index contributed by atoms with van der Waals surface area (Å²) in [7, 11) is 0. The molecule has 0 aliphatic carbocycles. The maximum Gasteiger partial charge on any atom is 0.0701 e. The molecule has 14 heavy (non-hydrogen) atoms. The van der Waals surface area contributed by atoms with Crippen molar-refractivity contribution < 1.29 is 5.11 Å². The fourth-order valence-corrected chi connectivity index (χ4v) is 2.48. The topological polar surface area (TPSA) is 32.3 Å². The van der Waals surface area contributed by atoms with Crippen LogP contribution in [-0.2, 0) is 6.54 Å². The summed E-state index contributed by atoms with van der Waals surface area (Å²) in [5, 5.41) is 12.4. The number of thiophene rings is 1. The second-order valence-corrected chi connectivity index (χ2v) is 6.68. The van der Waals surface area contributed by atoms with Crippen molar-refractivity contribution in [3.63, 3.8) is 0 Å². The highest BCUT2D eigenvalue weighted by molar-refractivity contribution is 9.11. The summed E-state index contributed by atoms with van der Waals surface area (Å²) < 4.78 is 1.16. The molecule has 0 spiro atoms. The average Bonchev–Trinajstić information content (AvgIpc) is 2.51. The predicted octanol–water partition coefficient (Wildman–Crippen LogP) is 2.62. The van der Waals surface area contributed by atoms with Crippen LogP contribution in [0.15, 0.2) is 15.9 Å². The van der Waals surface area contributed by atoms with Crippen molar-refractivity contribution in [1.29, 1.82) is 0 Å². The molecule has 80 valence electrons. The number of hydrogen-bond acceptors (Lipinski definition) is 3. The van der Waals surface area contributed by atoms with Gasteiger partial charge in [0.1, 0.15) is 0 Å². The molecule has 0 aromatic carbocycles. The van der Waals surface area contributed by atoms with E-state index in [-0.39, 0.29) is 12.0 Å². The van der Waals surface area contributed by atoms with Gasteiger partial charge in [0.2, 0.25) is 0 Å². The third kappa shape index (κ3) is 4.09. The van der Waals surface area contributed by atoms with Crippen molar-refractivity contribution in [1.82, 2.24) is 5.32 Å². The Balaban J connectivity index is 2.28. The van der Waals surface area contributed by atoms with E-state index in [0.29, 0.717) is 0 Å². The summed E-state index contributed by atoms with van der Waals surface area (Å²) in [6.45, 7) is 6.02. The summed E-state index contributed by atoms with van der Waals surface area (Å²) >= 11 is 5.17. The SMILES string of the molecule is CC(C)(CO)CNCc1ccc(Br)s1. The lowest BCUT2D eigenvalue weighted by Gasteiger charge is -2.21. The van der Waals surface area contributed by atoms with Gasteiger partial charge in [-0.3, -0.25) is 0 Å². The van der Waals surface area contributed by atoms with Crippen molar-refractivity contribution >= 4 is 27.3 Å². The largest absolute Gasteiger partial charge is 0.396 e. The standard InChI is InChI=1S/C10H16BrNOS/c1-10(2,7-13)6-12-5-8-3-4-9(11)14-8/h3-4,12-13H,5-7H2,1-2H3. The minimum Gasteiger partial charge on any atom is -0.396 e. The maximum absolute atomic E-state index is 9.05. The minimum absolute atomic E-state index is 0.0332. The first-order valence-corrected chi connectivity index (χ1v) is 6.20. The van der Waals surface area contributed by atoms with E-state index in [4.69, 9.17) is 5.11 Å². The van der Waals surface area contributed by atoms with Crippen LogP contribution in [0.3, 0.4) is 0 Å². The van der Waals surface area contributed by atoms with E-state index >= 15 is 0 Å². The average molecular weight is 278 g/mol. The van der Waals surface area contributed by atoms with E-state index in [1.165, 1.54) is 4.88 Å². The summed E-state index contributed by atoms with van der Waals surface area (Å²) in [5.41, 5.74) is -0.0332. The predicted molar refractivity (Wildman–Crippen MR) is 64.6 cm³/mol. The second kappa shape index (κ2) is 5.26. The molecule has 0 amide bonds. The summed E-state index contributed by atoms with van der Waals surface area (Å²) in [4.78, 5) is 1.31. The van der Waals surface area contributed by atoms with Crippen LogP contribution < -0.4 is 5.32 Å². The van der Waals surface area contributed by atoms with E-state index < -0.39 is 0 Å². The first-order valence-electron chi connectivity index (χ1n) is 4.59. The highest BCUT2D eigenvalue weighted by atomic mass is 79.9. The van der Waals surface area contributed by atoms with Gasteiger partial charge in [-0.05, 0) is 28.1 Å². The summed E-state index contributed by atoms with van der Waals surface area (Å²) in [6.07, 6.45) is 0. The number of nitrogens with one attached hydrogen (secondary N) is 1. The van der Waals surface area contributed by atoms with Crippen LogP contribution in [0.1, 0.15) is 18.7 Å². The Kier molecular flexibility index (Phi) is 4.57. The first kappa shape index (κ1) is 12.2. The van der Waals surface area contributed by atoms with E-state index in [1.54, 1.807) is 11.3 Å². The van der Waals surface area contributed by atoms with Gasteiger partial charge in [-0.2, -0.15) is 0 Å². The fraction of sp³-hybridized carbons (Fsp3) is 0.600. The lowest BCUT2D eigenvalue weighted by atomic mass is 9.95. The van der Waals surface area contributed by atoms with Crippen molar-refractivity contribution in [2.45, 2.75) is 20.4 Å². The smallest absolute Gasteiger partial charge is 0.0701 e. The molecule has 1 rings (SSSR count). The highest BCUT2D eigenvalue weighted by Crippen LogP contribution is 2.22. The number of rotatable bonds is 5. The molecule has 2 N–H and O–H groups in total. The van der Waals surface area contributed by atoms with Crippen molar-refractivity contribution in [2.75, 3.05) is 13.2 Å². The number of aliphatic hydroxyl groups is 1. The van der Waals surface area contributed by atoms with Crippen LogP contribution in [0.5, 0.6) is 0 Å². The molecule has 0 aliphatic rings. The lowest BCUT2D eigenvalue weighted by Crippen LogP contribution is -2.31. The van der Waals surface area contributed by atoms with Crippen molar-refractivity contribution in [2.24, 2.45) is 5.41 Å². The van der Waals surface area contributed by atoms with Crippen LogP contribution >= 0.6 is 27.3 Å². The van der Waals surface area contributed by atoms with Gasteiger partial charge in [0.15, 0.2) is 0 Å². The number of aliphatic hydroxyl groups excluding tert-OH is 1. The molecule has 4 heteroatoms. The van der Waals surface area contributed by atoms with Crippen molar-refractivity contribution in [3.05, 3.63) is 20.8 Å². The number of hydrogen-bond donors (Lipinski definition) is 2. The van der Waals surface area contributed by atoms with Gasteiger partial charge < -0.3 is 10.4 Å². The Morgan fingerprint density at radius 2 is 2.21 bits per heavy atom. The first-order chi connectivity index (χ1) is 6.53. The van der Waals surface area contributed by atoms with E-state index in [9.17, 15) is 0 Å². The molecule has 0 saturated carbocycles. The van der Waals surface area contributed by atoms with Gasteiger partial charge in [-0.15, -0.1) is 11.3 Å². The minimum atomic E-state index is -0.0332. The molecule has 0 fully saturated rings. The Morgan fingerprint density at radius 3 is 2.71 bits per heavy atom. The van der Waals surface area contributed by atoms with Gasteiger partial charge in [-0.1, -0.05) is 13.8 Å². The van der Waals surface area contributed by atoms with E-state index in [1.807, 2.05) is 13.8 Å². The monoisotopic (exact) mass is 277 g/mol. The fourth-order valence-electron chi connectivity index (χ4n) is 1.03. The Hall–Kier alpha value is 0.1000. The molecular weight excluding hydrogens is 262 g/mol. The van der Waals surface area contributed by atoms with Gasteiger partial charge in [0, 0.05) is 30.0 Å². The van der Waals surface area contributed by atoms with Crippen LogP contribution in [0.2, 0.25) is 0 Å². The Bertz CT molecular complexity index is 285. The molecule has 2 nitrogen and oxygen atoms in total. The van der Waals surface area contributed by atoms with E-state index in [2.05, 4.69) is 33.4 Å². The molecule has 0 radical (unpaired) electrons. The third-order valence-corrected chi connectivity index (χ3v) is 3.58. The molecule has 0 atom stereocenters. The maximum atomic E-state index is 9.05. The quantitative estimate of drug-likeness (QED) is 0.867. The van der Waals surface area contributed by atoms with Crippen LogP contribution in [0.4, 0.5) is 0 Å². The van der Waals surface area contributed by atoms with Gasteiger partial charge in [0.05, 0.1) is 3.79 Å². The summed E-state index contributed by atoms with van der Waals surface area (Å²) in [6, 6.07) is 4.16. The molecule has 1 aromatic rings. The Labute approximate surface area is 97.5 Å². The Morgan fingerprint density at radius 1 is 1.50 bits per heavy atom. The van der Waals surface area contributed by atoms with Crippen LogP contribution in [-0.4, -0.2) is 18.3 Å². The molecule has 0 unspecified atom stereocenters. The zero-order chi connectivity index (χ0) is 10.6. The zero-order valence-electron chi connectivity index (χ0n) is 8.51. The third-order valence-electron chi connectivity index (χ3n) is 1.96. The normalized spacial score (nSPS) is 12.0. The molecule has 1 aromatic heterocycles. The lowest BCUT2D eigenvalue weighted by molar-refractivity contribution is 0.157. The van der Waals surface area contributed by atoms with Crippen LogP contribution in [0, 0.1) is 5.41 Å². The second-order valence-electron chi connectivity index (χ2n) is 4.13. The number of halogens is 1. The molecule has 1 heterocycles.